The summed E-state index contributed by atoms with van der Waals surface area (Å²) in [6.45, 7) is 5.79. The number of anilines is 2. The van der Waals surface area contributed by atoms with Crippen molar-refractivity contribution in [3.63, 3.8) is 0 Å². The lowest BCUT2D eigenvalue weighted by Gasteiger charge is -2.33. The fourth-order valence-electron chi connectivity index (χ4n) is 3.94. The number of rotatable bonds is 4. The van der Waals surface area contributed by atoms with E-state index < -0.39 is 0 Å². The van der Waals surface area contributed by atoms with E-state index in [-0.39, 0.29) is 5.91 Å². The van der Waals surface area contributed by atoms with Crippen molar-refractivity contribution in [3.8, 4) is 0 Å². The monoisotopic (exact) mass is 373 g/mol. The SMILES string of the molecule is Cc1cccc(Nc2ccccc2C(=O)N2CCC(n3cccc3)CC2)c1C. The number of nitrogens with zero attached hydrogens (tertiary/aromatic N) is 2. The van der Waals surface area contributed by atoms with Crippen LogP contribution >= 0.6 is 0 Å². The van der Waals surface area contributed by atoms with Crippen LogP contribution < -0.4 is 5.32 Å². The van der Waals surface area contributed by atoms with Gasteiger partial charge in [-0.05, 0) is 68.1 Å². The Balaban J connectivity index is 1.50. The van der Waals surface area contributed by atoms with E-state index in [1.807, 2.05) is 35.2 Å². The second kappa shape index (κ2) is 7.93. The molecule has 0 radical (unpaired) electrons. The number of aryl methyl sites for hydroxylation is 1. The fraction of sp³-hybridized carbons (Fsp3) is 0.292. The Bertz CT molecular complexity index is 954. The summed E-state index contributed by atoms with van der Waals surface area (Å²) in [6.07, 6.45) is 6.22. The largest absolute Gasteiger partial charge is 0.355 e. The zero-order valence-corrected chi connectivity index (χ0v) is 16.6. The second-order valence-corrected chi connectivity index (χ2v) is 7.57. The van der Waals surface area contributed by atoms with E-state index in [1.54, 1.807) is 0 Å². The van der Waals surface area contributed by atoms with Crippen LogP contribution in [-0.4, -0.2) is 28.5 Å². The number of carbonyl (C=O) groups is 1. The number of piperidine rings is 1. The number of amides is 1. The molecule has 1 aliphatic heterocycles. The van der Waals surface area contributed by atoms with Crippen LogP contribution in [0.15, 0.2) is 67.0 Å². The summed E-state index contributed by atoms with van der Waals surface area (Å²) < 4.78 is 2.26. The third-order valence-corrected chi connectivity index (χ3v) is 5.83. The van der Waals surface area contributed by atoms with Gasteiger partial charge >= 0.3 is 0 Å². The summed E-state index contributed by atoms with van der Waals surface area (Å²) in [7, 11) is 0. The van der Waals surface area contributed by atoms with Crippen LogP contribution in [-0.2, 0) is 0 Å². The minimum atomic E-state index is 0.111. The number of benzene rings is 2. The molecular weight excluding hydrogens is 346 g/mol. The van der Waals surface area contributed by atoms with Crippen molar-refractivity contribution in [1.29, 1.82) is 0 Å². The van der Waals surface area contributed by atoms with Gasteiger partial charge in [-0.1, -0.05) is 24.3 Å². The van der Waals surface area contributed by atoms with Crippen molar-refractivity contribution in [2.45, 2.75) is 32.7 Å². The molecule has 2 heterocycles. The number of likely N-dealkylation sites (tertiary alicyclic amines) is 1. The van der Waals surface area contributed by atoms with E-state index in [0.717, 1.165) is 42.9 Å². The zero-order chi connectivity index (χ0) is 19.5. The zero-order valence-electron chi connectivity index (χ0n) is 16.6. The van der Waals surface area contributed by atoms with Gasteiger partial charge in [0.15, 0.2) is 0 Å². The summed E-state index contributed by atoms with van der Waals surface area (Å²) in [5, 5.41) is 3.48. The molecule has 0 aliphatic carbocycles. The molecule has 4 rings (SSSR count). The Kier molecular flexibility index (Phi) is 5.20. The first-order valence-electron chi connectivity index (χ1n) is 9.97. The molecule has 4 heteroatoms. The number of carbonyl (C=O) groups excluding carboxylic acids is 1. The highest BCUT2D eigenvalue weighted by atomic mass is 16.2. The summed E-state index contributed by atoms with van der Waals surface area (Å²) in [4.78, 5) is 15.2. The Labute approximate surface area is 166 Å². The average Bonchev–Trinajstić information content (AvgIpc) is 3.26. The van der Waals surface area contributed by atoms with Crippen molar-refractivity contribution in [2.75, 3.05) is 18.4 Å². The molecule has 1 aromatic heterocycles. The van der Waals surface area contributed by atoms with Crippen LogP contribution in [0.4, 0.5) is 11.4 Å². The number of nitrogens with one attached hydrogen (secondary N) is 1. The van der Waals surface area contributed by atoms with Crippen LogP contribution in [0.1, 0.15) is 40.4 Å². The lowest BCUT2D eigenvalue weighted by molar-refractivity contribution is 0.0695. The van der Waals surface area contributed by atoms with E-state index in [0.29, 0.717) is 6.04 Å². The molecule has 0 saturated carbocycles. The van der Waals surface area contributed by atoms with Gasteiger partial charge in [0.1, 0.15) is 0 Å². The fourth-order valence-corrected chi connectivity index (χ4v) is 3.94. The highest BCUT2D eigenvalue weighted by Crippen LogP contribution is 2.28. The topological polar surface area (TPSA) is 37.3 Å². The van der Waals surface area contributed by atoms with Crippen molar-refractivity contribution in [2.24, 2.45) is 0 Å². The summed E-state index contributed by atoms with van der Waals surface area (Å²) >= 11 is 0. The first-order valence-corrected chi connectivity index (χ1v) is 9.97. The lowest BCUT2D eigenvalue weighted by Crippen LogP contribution is -2.39. The van der Waals surface area contributed by atoms with Crippen LogP contribution in [0.3, 0.4) is 0 Å². The van der Waals surface area contributed by atoms with Crippen molar-refractivity contribution in [1.82, 2.24) is 9.47 Å². The molecular formula is C24H27N3O. The summed E-state index contributed by atoms with van der Waals surface area (Å²) in [5.74, 6) is 0.111. The standard InChI is InChI=1S/C24H27N3O/c1-18-8-7-11-22(19(18)2)25-23-10-4-3-9-21(23)24(28)27-16-12-20(13-17-27)26-14-5-6-15-26/h3-11,14-15,20,25H,12-13,16-17H2,1-2H3. The van der Waals surface area contributed by atoms with Gasteiger partial charge in [0.25, 0.3) is 5.91 Å². The minimum absolute atomic E-state index is 0.111. The number of hydrogen-bond donors (Lipinski definition) is 1. The first kappa shape index (κ1) is 18.4. The molecule has 0 unspecified atom stereocenters. The predicted octanol–water partition coefficient (Wildman–Crippen LogP) is 5.33. The second-order valence-electron chi connectivity index (χ2n) is 7.57. The first-order chi connectivity index (χ1) is 13.6. The summed E-state index contributed by atoms with van der Waals surface area (Å²) in [5.41, 5.74) is 5.10. The van der Waals surface area contributed by atoms with Crippen molar-refractivity contribution >= 4 is 17.3 Å². The molecule has 1 aliphatic rings. The average molecular weight is 374 g/mol. The Morgan fingerprint density at radius 3 is 2.32 bits per heavy atom. The highest BCUT2D eigenvalue weighted by Gasteiger charge is 2.25. The van der Waals surface area contributed by atoms with Crippen LogP contribution in [0.25, 0.3) is 0 Å². The lowest BCUT2D eigenvalue weighted by atomic mass is 10.0. The van der Waals surface area contributed by atoms with Gasteiger partial charge < -0.3 is 14.8 Å². The van der Waals surface area contributed by atoms with Gasteiger partial charge in [0.05, 0.1) is 11.3 Å². The smallest absolute Gasteiger partial charge is 0.255 e. The molecule has 0 spiro atoms. The van der Waals surface area contributed by atoms with E-state index in [9.17, 15) is 4.79 Å². The molecule has 3 aromatic rings. The predicted molar refractivity (Wildman–Crippen MR) is 114 cm³/mol. The Morgan fingerprint density at radius 1 is 0.893 bits per heavy atom. The van der Waals surface area contributed by atoms with Crippen molar-refractivity contribution < 1.29 is 4.79 Å². The molecule has 1 saturated heterocycles. The molecule has 4 nitrogen and oxygen atoms in total. The molecule has 2 aromatic carbocycles. The number of hydrogen-bond acceptors (Lipinski definition) is 2. The summed E-state index contributed by atoms with van der Waals surface area (Å²) in [6, 6.07) is 18.6. The molecule has 1 amide bonds. The number of aromatic nitrogens is 1. The van der Waals surface area contributed by atoms with E-state index in [1.165, 1.54) is 11.1 Å². The maximum atomic E-state index is 13.2. The molecule has 28 heavy (non-hydrogen) atoms. The van der Waals surface area contributed by atoms with E-state index in [2.05, 4.69) is 60.4 Å². The molecule has 144 valence electrons. The van der Waals surface area contributed by atoms with E-state index in [4.69, 9.17) is 0 Å². The number of para-hydroxylation sites is 1. The highest BCUT2D eigenvalue weighted by molar-refractivity contribution is 6.00. The third kappa shape index (κ3) is 3.68. The third-order valence-electron chi connectivity index (χ3n) is 5.83. The Hall–Kier alpha value is -3.01. The molecule has 1 N–H and O–H groups in total. The van der Waals surface area contributed by atoms with Gasteiger partial charge in [-0.2, -0.15) is 0 Å². The van der Waals surface area contributed by atoms with Crippen molar-refractivity contribution in [3.05, 3.63) is 83.7 Å². The van der Waals surface area contributed by atoms with Crippen LogP contribution in [0.2, 0.25) is 0 Å². The van der Waals surface area contributed by atoms with Crippen LogP contribution in [0.5, 0.6) is 0 Å². The van der Waals surface area contributed by atoms with Gasteiger partial charge in [-0.3, -0.25) is 4.79 Å². The quantitative estimate of drug-likeness (QED) is 0.671. The molecule has 0 atom stereocenters. The normalized spacial score (nSPS) is 14.9. The maximum Gasteiger partial charge on any atom is 0.255 e. The molecule has 0 bridgehead atoms. The van der Waals surface area contributed by atoms with Gasteiger partial charge in [-0.25, -0.2) is 0 Å². The minimum Gasteiger partial charge on any atom is -0.355 e. The van der Waals surface area contributed by atoms with Crippen LogP contribution in [0, 0.1) is 13.8 Å². The molecule has 1 fully saturated rings. The van der Waals surface area contributed by atoms with E-state index >= 15 is 0 Å². The van der Waals surface area contributed by atoms with Gasteiger partial charge in [0.2, 0.25) is 0 Å². The maximum absolute atomic E-state index is 13.2. The van der Waals surface area contributed by atoms with Gasteiger partial charge in [0, 0.05) is 37.2 Å². The van der Waals surface area contributed by atoms with Gasteiger partial charge in [-0.15, -0.1) is 0 Å². The Morgan fingerprint density at radius 2 is 1.57 bits per heavy atom.